The van der Waals surface area contributed by atoms with Crippen LogP contribution in [0.3, 0.4) is 0 Å². The third kappa shape index (κ3) is 5.46. The van der Waals surface area contributed by atoms with E-state index in [4.69, 9.17) is 0 Å². The van der Waals surface area contributed by atoms with Crippen LogP contribution >= 0.6 is 0 Å². The van der Waals surface area contributed by atoms with Crippen molar-refractivity contribution in [2.75, 3.05) is 0 Å². The van der Waals surface area contributed by atoms with E-state index in [0.717, 1.165) is 0 Å². The van der Waals surface area contributed by atoms with E-state index in [-0.39, 0.29) is 51.0 Å². The molecule has 3 aromatic carbocycles. The van der Waals surface area contributed by atoms with Crippen LogP contribution in [0.15, 0.2) is 67.0 Å². The maximum atomic E-state index is 2.24. The minimum atomic E-state index is 0. The molecule has 1 heterocycles. The molecule has 0 fully saturated rings. The number of fused-ring (bicyclic) bond motifs is 1. The zero-order valence-corrected chi connectivity index (χ0v) is 19.5. The first kappa shape index (κ1) is 24.9. The monoisotopic (exact) mass is 461 g/mol. The minimum Gasteiger partial charge on any atom is -1.00 e. The van der Waals surface area contributed by atoms with E-state index in [1.165, 1.54) is 38.7 Å². The van der Waals surface area contributed by atoms with Crippen LogP contribution in [-0.4, -0.2) is 4.57 Å². The van der Waals surface area contributed by atoms with Gasteiger partial charge < -0.3 is 29.4 Å². The molecular formula is C22H23Cl2NZr. The van der Waals surface area contributed by atoms with Crippen molar-refractivity contribution < 1.29 is 51.0 Å². The van der Waals surface area contributed by atoms with Gasteiger partial charge in [-0.05, 0) is 17.8 Å². The normalized spacial score (nSPS) is 9.38. The van der Waals surface area contributed by atoms with E-state index in [9.17, 15) is 0 Å². The molecule has 1 nitrogen and oxygen atoms in total. The third-order valence-electron chi connectivity index (χ3n) is 4.68. The molecule has 0 aliphatic rings. The van der Waals surface area contributed by atoms with Gasteiger partial charge in [0.15, 0.2) is 0 Å². The van der Waals surface area contributed by atoms with Crippen LogP contribution in [0.25, 0.3) is 16.5 Å². The Kier molecular flexibility index (Phi) is 10.5. The van der Waals surface area contributed by atoms with Crippen LogP contribution in [0.2, 0.25) is 0 Å². The van der Waals surface area contributed by atoms with E-state index in [0.29, 0.717) is 0 Å². The molecule has 0 radical (unpaired) electrons. The van der Waals surface area contributed by atoms with Gasteiger partial charge in [0.2, 0.25) is 0 Å². The van der Waals surface area contributed by atoms with Crippen LogP contribution in [-0.2, 0) is 26.2 Å². The molecule has 0 aliphatic heterocycles. The molecule has 1 aromatic heterocycles. The molecule has 0 saturated carbocycles. The molecule has 4 rings (SSSR count). The largest absolute Gasteiger partial charge is 4.00 e. The quantitative estimate of drug-likeness (QED) is 0.350. The number of halogens is 2. The molecular weight excluding hydrogens is 440 g/mol. The van der Waals surface area contributed by atoms with Crippen LogP contribution in [0, 0.1) is 27.7 Å². The SMILES string of the molecule is Cc1c[c-](C)c(C)c1C.[Cl-].[Cl-].[Zr+4].c1ccc2[cH-]c(-n3cccc3)cc2c1. The molecule has 0 saturated heterocycles. The molecule has 4 heteroatoms. The van der Waals surface area contributed by atoms with Crippen molar-refractivity contribution in [3.05, 3.63) is 89.2 Å². The fraction of sp³-hybridized carbons (Fsp3) is 0.182. The zero-order chi connectivity index (χ0) is 16.4. The van der Waals surface area contributed by atoms with Gasteiger partial charge in [0.1, 0.15) is 0 Å². The second-order valence-electron chi connectivity index (χ2n) is 6.19. The summed E-state index contributed by atoms with van der Waals surface area (Å²) in [5.74, 6) is 0. The van der Waals surface area contributed by atoms with Crippen molar-refractivity contribution in [1.82, 2.24) is 4.57 Å². The average Bonchev–Trinajstić information content (AvgIpc) is 3.25. The van der Waals surface area contributed by atoms with Gasteiger partial charge in [0.25, 0.3) is 0 Å². The summed E-state index contributed by atoms with van der Waals surface area (Å²) in [6.45, 7) is 8.68. The van der Waals surface area contributed by atoms with Gasteiger partial charge in [-0.2, -0.15) is 28.3 Å². The second kappa shape index (κ2) is 10.9. The number of hydrogen-bond acceptors (Lipinski definition) is 0. The van der Waals surface area contributed by atoms with E-state index in [1.807, 2.05) is 12.1 Å². The molecule has 0 atom stereocenters. The van der Waals surface area contributed by atoms with Crippen molar-refractivity contribution in [3.63, 3.8) is 0 Å². The fourth-order valence-corrected chi connectivity index (χ4v) is 2.92. The van der Waals surface area contributed by atoms with Crippen LogP contribution in [0.4, 0.5) is 0 Å². The van der Waals surface area contributed by atoms with Gasteiger partial charge >= 0.3 is 26.2 Å². The summed E-state index contributed by atoms with van der Waals surface area (Å²) in [6.07, 6.45) is 4.13. The van der Waals surface area contributed by atoms with Crippen molar-refractivity contribution >= 4 is 10.8 Å². The van der Waals surface area contributed by atoms with Gasteiger partial charge in [-0.1, -0.05) is 33.8 Å². The van der Waals surface area contributed by atoms with Gasteiger partial charge in [0.05, 0.1) is 0 Å². The second-order valence-corrected chi connectivity index (χ2v) is 6.19. The Morgan fingerprint density at radius 1 is 0.923 bits per heavy atom. The Hall–Kier alpha value is -1.08. The average molecular weight is 464 g/mol. The predicted molar refractivity (Wildman–Crippen MR) is 99.9 cm³/mol. The standard InChI is InChI=1S/C13H10N.C9H13.2ClH.Zr/c1-2-6-12-10-13(9-11(12)5-1)14-7-3-4-8-14;1-6-5-7(2)9(4)8(6)3;;;/h1-10H;5H,1-4H3;2*1H;/q2*-1;;;+4/p-2. The van der Waals surface area contributed by atoms with Crippen molar-refractivity contribution in [2.45, 2.75) is 27.7 Å². The maximum absolute atomic E-state index is 2.24. The number of nitrogens with zero attached hydrogens (tertiary/aromatic N) is 1. The topological polar surface area (TPSA) is 4.93 Å². The summed E-state index contributed by atoms with van der Waals surface area (Å²) >= 11 is 0. The molecule has 134 valence electrons. The first-order valence-corrected chi connectivity index (χ1v) is 8.05. The Morgan fingerprint density at radius 3 is 2.00 bits per heavy atom. The fourth-order valence-electron chi connectivity index (χ4n) is 2.92. The molecule has 26 heavy (non-hydrogen) atoms. The Bertz CT molecular complexity index is 862. The van der Waals surface area contributed by atoms with E-state index >= 15 is 0 Å². The first-order chi connectivity index (χ1) is 11.1. The first-order valence-electron chi connectivity index (χ1n) is 8.05. The Labute approximate surface area is 188 Å². The summed E-state index contributed by atoms with van der Waals surface area (Å²) in [5.41, 5.74) is 6.98. The maximum Gasteiger partial charge on any atom is 4.00 e. The summed E-state index contributed by atoms with van der Waals surface area (Å²) in [4.78, 5) is 0. The van der Waals surface area contributed by atoms with Gasteiger partial charge in [-0.15, -0.1) is 41.1 Å². The molecule has 0 aliphatic carbocycles. The smallest absolute Gasteiger partial charge is 1.00 e. The third-order valence-corrected chi connectivity index (χ3v) is 4.68. The van der Waals surface area contributed by atoms with Crippen molar-refractivity contribution in [3.8, 4) is 5.69 Å². The molecule has 0 spiro atoms. The molecule has 0 amide bonds. The zero-order valence-electron chi connectivity index (χ0n) is 15.6. The van der Waals surface area contributed by atoms with Gasteiger partial charge in [0, 0.05) is 12.4 Å². The van der Waals surface area contributed by atoms with Crippen molar-refractivity contribution in [2.24, 2.45) is 0 Å². The van der Waals surface area contributed by atoms with Crippen LogP contribution in [0.5, 0.6) is 0 Å². The van der Waals surface area contributed by atoms with Crippen LogP contribution < -0.4 is 24.8 Å². The summed E-state index contributed by atoms with van der Waals surface area (Å²) in [6, 6.07) is 19.2. The van der Waals surface area contributed by atoms with E-state index in [1.54, 1.807) is 0 Å². The van der Waals surface area contributed by atoms with Gasteiger partial charge in [-0.25, -0.2) is 0 Å². The van der Waals surface area contributed by atoms with E-state index < -0.39 is 0 Å². The Balaban J connectivity index is 0.000000466. The summed E-state index contributed by atoms with van der Waals surface area (Å²) < 4.78 is 2.12. The summed E-state index contributed by atoms with van der Waals surface area (Å²) in [5, 5.41) is 2.60. The van der Waals surface area contributed by atoms with E-state index in [2.05, 4.69) is 87.1 Å². The van der Waals surface area contributed by atoms with Crippen molar-refractivity contribution in [1.29, 1.82) is 0 Å². The Morgan fingerprint density at radius 2 is 1.54 bits per heavy atom. The summed E-state index contributed by atoms with van der Waals surface area (Å²) in [7, 11) is 0. The number of benzene rings is 1. The molecule has 4 aromatic rings. The van der Waals surface area contributed by atoms with Gasteiger partial charge in [-0.3, -0.25) is 0 Å². The molecule has 0 N–H and O–H groups in total. The molecule has 0 bridgehead atoms. The minimum absolute atomic E-state index is 0. The molecule has 0 unspecified atom stereocenters. The number of rotatable bonds is 1. The number of aryl methyl sites for hydroxylation is 2. The number of aromatic nitrogens is 1. The van der Waals surface area contributed by atoms with Crippen LogP contribution in [0.1, 0.15) is 22.3 Å². The predicted octanol–water partition coefficient (Wildman–Crippen LogP) is -0.00592. The number of hydrogen-bond donors (Lipinski definition) is 0.